The molecular formula is C12H16ClNO2. The first-order valence-corrected chi connectivity index (χ1v) is 5.62. The average molecular weight is 242 g/mol. The Bertz CT molecular complexity index is 337. The fourth-order valence-electron chi connectivity index (χ4n) is 1.45. The van der Waals surface area contributed by atoms with Crippen LogP contribution >= 0.6 is 11.6 Å². The monoisotopic (exact) mass is 241 g/mol. The highest BCUT2D eigenvalue weighted by Gasteiger charge is 2.09. The Labute approximate surface area is 101 Å². The van der Waals surface area contributed by atoms with Crippen LogP contribution in [0.3, 0.4) is 0 Å². The van der Waals surface area contributed by atoms with Gasteiger partial charge in [0.25, 0.3) is 0 Å². The van der Waals surface area contributed by atoms with Crippen LogP contribution in [-0.2, 0) is 6.54 Å². The van der Waals surface area contributed by atoms with E-state index in [9.17, 15) is 4.79 Å². The maximum atomic E-state index is 11.1. The number of halogens is 1. The summed E-state index contributed by atoms with van der Waals surface area (Å²) >= 11 is 5.49. The van der Waals surface area contributed by atoms with E-state index >= 15 is 0 Å². The van der Waals surface area contributed by atoms with Crippen LogP contribution in [0.25, 0.3) is 0 Å². The first-order valence-electron chi connectivity index (χ1n) is 5.24. The quantitative estimate of drug-likeness (QED) is 0.585. The van der Waals surface area contributed by atoms with Crippen LogP contribution in [0.4, 0.5) is 4.79 Å². The lowest BCUT2D eigenvalue weighted by Gasteiger charge is -2.18. The fourth-order valence-corrected chi connectivity index (χ4v) is 1.59. The molecule has 0 fully saturated rings. The molecule has 0 aliphatic rings. The van der Waals surface area contributed by atoms with Gasteiger partial charge in [0, 0.05) is 13.1 Å². The van der Waals surface area contributed by atoms with Crippen LogP contribution in [-0.4, -0.2) is 23.9 Å². The molecule has 1 amide bonds. The minimum absolute atomic E-state index is 0.405. The molecule has 0 saturated carbocycles. The molecule has 0 aliphatic heterocycles. The van der Waals surface area contributed by atoms with E-state index in [1.807, 2.05) is 31.2 Å². The fraction of sp³-hybridized carbons (Fsp3) is 0.417. The van der Waals surface area contributed by atoms with Crippen molar-refractivity contribution in [2.75, 3.05) is 13.7 Å². The molecule has 0 bridgehead atoms. The Morgan fingerprint density at radius 3 is 2.44 bits per heavy atom. The van der Waals surface area contributed by atoms with Crippen molar-refractivity contribution in [3.63, 3.8) is 0 Å². The number of carbonyl (C=O) groups excluding carboxylic acids is 1. The Balaban J connectivity index is 2.65. The molecule has 3 nitrogen and oxygen atoms in total. The molecule has 88 valence electrons. The highest BCUT2D eigenvalue weighted by molar-refractivity contribution is 6.62. The van der Waals surface area contributed by atoms with Crippen molar-refractivity contribution in [2.45, 2.75) is 19.9 Å². The minimum atomic E-state index is -0.405. The van der Waals surface area contributed by atoms with Gasteiger partial charge in [-0.15, -0.1) is 0 Å². The van der Waals surface area contributed by atoms with Crippen molar-refractivity contribution < 1.29 is 9.53 Å². The van der Waals surface area contributed by atoms with Gasteiger partial charge in [-0.1, -0.05) is 19.1 Å². The molecule has 0 heterocycles. The van der Waals surface area contributed by atoms with Crippen molar-refractivity contribution in [3.05, 3.63) is 29.8 Å². The van der Waals surface area contributed by atoms with Crippen molar-refractivity contribution in [2.24, 2.45) is 0 Å². The van der Waals surface area contributed by atoms with Gasteiger partial charge in [-0.25, -0.2) is 0 Å². The second kappa shape index (κ2) is 6.38. The van der Waals surface area contributed by atoms with Crippen LogP contribution in [0.2, 0.25) is 0 Å². The van der Waals surface area contributed by atoms with Gasteiger partial charge in [0.2, 0.25) is 0 Å². The summed E-state index contributed by atoms with van der Waals surface area (Å²) in [4.78, 5) is 12.7. The van der Waals surface area contributed by atoms with Gasteiger partial charge in [0.05, 0.1) is 7.11 Å². The number of nitrogens with zero attached hydrogens (tertiary/aromatic N) is 1. The van der Waals surface area contributed by atoms with Crippen molar-refractivity contribution in [1.29, 1.82) is 0 Å². The predicted molar refractivity (Wildman–Crippen MR) is 64.9 cm³/mol. The van der Waals surface area contributed by atoms with Crippen molar-refractivity contribution >= 4 is 17.0 Å². The predicted octanol–water partition coefficient (Wildman–Crippen LogP) is 3.27. The molecule has 0 atom stereocenters. The van der Waals surface area contributed by atoms with Crippen LogP contribution in [0.15, 0.2) is 24.3 Å². The Morgan fingerprint density at radius 1 is 1.38 bits per heavy atom. The maximum absolute atomic E-state index is 11.1. The lowest BCUT2D eigenvalue weighted by molar-refractivity contribution is 0.219. The molecule has 0 unspecified atom stereocenters. The smallest absolute Gasteiger partial charge is 0.316 e. The maximum Gasteiger partial charge on any atom is 0.316 e. The second-order valence-electron chi connectivity index (χ2n) is 3.52. The molecule has 0 N–H and O–H groups in total. The van der Waals surface area contributed by atoms with Crippen LogP contribution < -0.4 is 4.74 Å². The summed E-state index contributed by atoms with van der Waals surface area (Å²) < 4.78 is 5.06. The molecule has 0 aliphatic carbocycles. The third-order valence-corrected chi connectivity index (χ3v) is 2.51. The number of amides is 1. The lowest BCUT2D eigenvalue weighted by Crippen LogP contribution is -2.26. The number of benzene rings is 1. The highest BCUT2D eigenvalue weighted by Crippen LogP contribution is 2.14. The molecule has 0 aromatic heterocycles. The highest BCUT2D eigenvalue weighted by atomic mass is 35.5. The number of hydrogen-bond acceptors (Lipinski definition) is 2. The molecule has 1 aromatic carbocycles. The van der Waals surface area contributed by atoms with Gasteiger partial charge >= 0.3 is 5.37 Å². The summed E-state index contributed by atoms with van der Waals surface area (Å²) in [5, 5.41) is -0.405. The van der Waals surface area contributed by atoms with E-state index in [0.717, 1.165) is 17.7 Å². The van der Waals surface area contributed by atoms with Crippen LogP contribution in [0, 0.1) is 0 Å². The van der Waals surface area contributed by atoms with Crippen LogP contribution in [0.1, 0.15) is 18.9 Å². The molecule has 1 aromatic rings. The number of rotatable bonds is 5. The first kappa shape index (κ1) is 12.8. The summed E-state index contributed by atoms with van der Waals surface area (Å²) in [5.41, 5.74) is 1.04. The Morgan fingerprint density at radius 2 is 2.00 bits per heavy atom. The Kier molecular flexibility index (Phi) is 5.12. The molecule has 4 heteroatoms. The normalized spacial score (nSPS) is 9.94. The number of methoxy groups -OCH3 is 1. The van der Waals surface area contributed by atoms with E-state index in [2.05, 4.69) is 0 Å². The van der Waals surface area contributed by atoms with Crippen molar-refractivity contribution in [3.8, 4) is 5.75 Å². The van der Waals surface area contributed by atoms with E-state index in [-0.39, 0.29) is 0 Å². The minimum Gasteiger partial charge on any atom is -0.497 e. The topological polar surface area (TPSA) is 29.5 Å². The largest absolute Gasteiger partial charge is 0.497 e. The number of hydrogen-bond donors (Lipinski definition) is 0. The van der Waals surface area contributed by atoms with Gasteiger partial charge < -0.3 is 9.64 Å². The molecular weight excluding hydrogens is 226 g/mol. The first-order chi connectivity index (χ1) is 7.67. The Hall–Kier alpha value is -1.22. The van der Waals surface area contributed by atoms with E-state index in [0.29, 0.717) is 13.1 Å². The van der Waals surface area contributed by atoms with E-state index in [1.54, 1.807) is 12.0 Å². The van der Waals surface area contributed by atoms with Crippen molar-refractivity contribution in [1.82, 2.24) is 4.90 Å². The van der Waals surface area contributed by atoms with E-state index in [1.165, 1.54) is 0 Å². The zero-order chi connectivity index (χ0) is 12.0. The van der Waals surface area contributed by atoms with E-state index in [4.69, 9.17) is 16.3 Å². The van der Waals surface area contributed by atoms with Crippen LogP contribution in [0.5, 0.6) is 5.75 Å². The zero-order valence-electron chi connectivity index (χ0n) is 9.57. The third kappa shape index (κ3) is 3.74. The summed E-state index contributed by atoms with van der Waals surface area (Å²) in [6.45, 7) is 3.23. The van der Waals surface area contributed by atoms with Gasteiger partial charge in [0.15, 0.2) is 0 Å². The third-order valence-electron chi connectivity index (χ3n) is 2.27. The lowest BCUT2D eigenvalue weighted by atomic mass is 10.2. The summed E-state index contributed by atoms with van der Waals surface area (Å²) in [6, 6.07) is 7.61. The molecule has 16 heavy (non-hydrogen) atoms. The van der Waals surface area contributed by atoms with Gasteiger partial charge in [-0.2, -0.15) is 0 Å². The summed E-state index contributed by atoms with van der Waals surface area (Å²) in [5.74, 6) is 0.808. The SMILES string of the molecule is CCCN(Cc1ccc(OC)cc1)C(=O)Cl. The molecule has 1 rings (SSSR count). The second-order valence-corrected chi connectivity index (χ2v) is 3.85. The average Bonchev–Trinajstić information content (AvgIpc) is 2.29. The van der Waals surface area contributed by atoms with Gasteiger partial charge in [-0.05, 0) is 35.7 Å². The summed E-state index contributed by atoms with van der Waals surface area (Å²) in [7, 11) is 1.63. The molecule has 0 radical (unpaired) electrons. The molecule has 0 saturated heterocycles. The summed E-state index contributed by atoms with van der Waals surface area (Å²) in [6.07, 6.45) is 0.897. The van der Waals surface area contributed by atoms with E-state index < -0.39 is 5.37 Å². The zero-order valence-corrected chi connectivity index (χ0v) is 10.3. The van der Waals surface area contributed by atoms with Gasteiger partial charge in [-0.3, -0.25) is 4.79 Å². The number of ether oxygens (including phenoxy) is 1. The number of carbonyl (C=O) groups is 1. The van der Waals surface area contributed by atoms with Gasteiger partial charge in [0.1, 0.15) is 5.75 Å². The molecule has 0 spiro atoms. The standard InChI is InChI=1S/C12H16ClNO2/c1-3-8-14(12(13)15)9-10-4-6-11(16-2)7-5-10/h4-7H,3,8-9H2,1-2H3.